The first-order valence-corrected chi connectivity index (χ1v) is 15.0. The van der Waals surface area contributed by atoms with E-state index < -0.39 is 18.0 Å². The topological polar surface area (TPSA) is 84.2 Å². The monoisotopic (exact) mass is 616 g/mol. The lowest BCUT2D eigenvalue weighted by molar-refractivity contribution is -0.127. The Morgan fingerprint density at radius 1 is 1.23 bits per heavy atom. The van der Waals surface area contributed by atoms with E-state index in [2.05, 4.69) is 16.5 Å². The number of carbonyl (C=O) groups is 1. The molecule has 2 atom stereocenters. The van der Waals surface area contributed by atoms with Gasteiger partial charge in [-0.25, -0.2) is 18.7 Å². The lowest BCUT2D eigenvalue weighted by Crippen LogP contribution is -2.58. The van der Waals surface area contributed by atoms with E-state index in [1.54, 1.807) is 23.2 Å². The number of amides is 1. The quantitative estimate of drug-likeness (QED) is 0.218. The zero-order chi connectivity index (χ0) is 33.4. The Bertz CT molecular complexity index is 1930. The summed E-state index contributed by atoms with van der Waals surface area (Å²) in [6.07, 6.45) is 4.82. The number of rotatable bonds is 7. The van der Waals surface area contributed by atoms with Gasteiger partial charge in [0.15, 0.2) is 5.65 Å². The highest BCUT2D eigenvalue weighted by atomic mass is 35.5. The van der Waals surface area contributed by atoms with Crippen molar-refractivity contribution in [2.45, 2.75) is 59.0 Å². The number of aryl methyl sites for hydroxylation is 1. The van der Waals surface area contributed by atoms with Crippen molar-refractivity contribution < 1.29 is 11.9 Å². The number of carbonyl (C=O) groups excluding carboxylic acids is 1. The number of fused-ring (bicyclic) bond motifs is 1. The number of piperazine rings is 1. The van der Waals surface area contributed by atoms with Gasteiger partial charge < -0.3 is 9.80 Å². The zero-order valence-electron chi connectivity index (χ0n) is 27.4. The second-order valence-electron chi connectivity index (χ2n) is 11.4. The standard InChI is InChI=1S/C34H36ClFN6O2/c1-8-22-12-11-13-26(36)28(22)30-25(35)16-24-32(38-30)42(31-23(9-2)14-15-37-29(31)19(4)5)34(44)39-33(24)41-20(6)17-40(18-21(41)7)27(43)10-3/h8,10-16,19-21H,1,3,9,17-18H2,2,4-7H3/t20-,21-/m0/s1/i1D2. The largest absolute Gasteiger partial charge is 0.355 e. The average Bonchev–Trinajstić information content (AvgIpc) is 3.00. The molecule has 10 heteroatoms. The Hall–Kier alpha value is -4.37. The maximum atomic E-state index is 15.6. The average molecular weight is 617 g/mol. The van der Waals surface area contributed by atoms with Crippen LogP contribution >= 0.6 is 11.6 Å². The van der Waals surface area contributed by atoms with Crippen LogP contribution in [0.4, 0.5) is 10.2 Å². The molecule has 4 heterocycles. The molecule has 1 aromatic carbocycles. The van der Waals surface area contributed by atoms with Gasteiger partial charge in [-0.15, -0.1) is 0 Å². The Morgan fingerprint density at radius 3 is 2.59 bits per heavy atom. The summed E-state index contributed by atoms with van der Waals surface area (Å²) in [6, 6.07) is 7.35. The molecule has 0 N–H and O–H groups in total. The molecule has 0 unspecified atom stereocenters. The van der Waals surface area contributed by atoms with Gasteiger partial charge in [-0.05, 0) is 61.6 Å². The van der Waals surface area contributed by atoms with Crippen LogP contribution in [0.5, 0.6) is 0 Å². The fraction of sp³-hybridized carbons (Fsp3) is 0.324. The fourth-order valence-corrected chi connectivity index (χ4v) is 6.36. The molecule has 3 aromatic heterocycles. The zero-order valence-corrected chi connectivity index (χ0v) is 26.2. The van der Waals surface area contributed by atoms with E-state index in [9.17, 15) is 9.59 Å². The smallest absolute Gasteiger partial charge is 0.347 e. The molecule has 0 spiro atoms. The van der Waals surface area contributed by atoms with Crippen molar-refractivity contribution in [3.05, 3.63) is 93.9 Å². The number of aromatic nitrogens is 4. The second-order valence-corrected chi connectivity index (χ2v) is 11.8. The summed E-state index contributed by atoms with van der Waals surface area (Å²) in [5.74, 6) is -0.523. The SMILES string of the molecule is [2H]C([2H])=Cc1cccc(F)c1-c1nc2c(cc1Cl)c(N1[C@@H](C)CN(C(=O)C=C)C[C@@H]1C)nc(=O)n2-c1c(CC)ccnc1C(C)C. The summed E-state index contributed by atoms with van der Waals surface area (Å²) in [7, 11) is 0. The van der Waals surface area contributed by atoms with Crippen molar-refractivity contribution in [2.75, 3.05) is 18.0 Å². The minimum atomic E-state index is -0.643. The molecule has 0 radical (unpaired) electrons. The molecule has 0 bridgehead atoms. The van der Waals surface area contributed by atoms with Gasteiger partial charge in [0.2, 0.25) is 5.91 Å². The van der Waals surface area contributed by atoms with E-state index in [4.69, 9.17) is 19.3 Å². The van der Waals surface area contributed by atoms with Crippen LogP contribution < -0.4 is 10.6 Å². The van der Waals surface area contributed by atoms with Gasteiger partial charge in [0.1, 0.15) is 11.6 Å². The summed E-state index contributed by atoms with van der Waals surface area (Å²) < 4.78 is 32.4. The first-order valence-electron chi connectivity index (χ1n) is 15.6. The maximum Gasteiger partial charge on any atom is 0.355 e. The van der Waals surface area contributed by atoms with Gasteiger partial charge >= 0.3 is 5.69 Å². The van der Waals surface area contributed by atoms with Crippen LogP contribution in [-0.4, -0.2) is 55.5 Å². The van der Waals surface area contributed by atoms with Crippen LogP contribution in [0.15, 0.2) is 60.5 Å². The molecule has 1 fully saturated rings. The van der Waals surface area contributed by atoms with Gasteiger partial charge in [0.25, 0.3) is 0 Å². The molecule has 1 aliphatic rings. The minimum Gasteiger partial charge on any atom is -0.347 e. The summed E-state index contributed by atoms with van der Waals surface area (Å²) in [5.41, 5.74) is 2.02. The van der Waals surface area contributed by atoms with Crippen LogP contribution in [0.3, 0.4) is 0 Å². The third kappa shape index (κ3) is 5.30. The maximum absolute atomic E-state index is 15.6. The summed E-state index contributed by atoms with van der Waals surface area (Å²) in [4.78, 5) is 44.7. The molecule has 0 saturated carbocycles. The number of anilines is 1. The first kappa shape index (κ1) is 28.4. The molecule has 1 amide bonds. The van der Waals surface area contributed by atoms with Gasteiger partial charge in [-0.1, -0.05) is 63.7 Å². The van der Waals surface area contributed by atoms with E-state index in [1.165, 1.54) is 28.9 Å². The van der Waals surface area contributed by atoms with Gasteiger partial charge in [0, 0.05) is 36.9 Å². The molecular formula is C34H36ClFN6O2. The fourth-order valence-electron chi connectivity index (χ4n) is 6.12. The van der Waals surface area contributed by atoms with Gasteiger partial charge in [-0.3, -0.25) is 9.78 Å². The molecule has 1 saturated heterocycles. The molecule has 44 heavy (non-hydrogen) atoms. The van der Waals surface area contributed by atoms with E-state index in [0.717, 1.165) is 5.56 Å². The van der Waals surface area contributed by atoms with Crippen molar-refractivity contribution in [3.8, 4) is 16.9 Å². The van der Waals surface area contributed by atoms with Gasteiger partial charge in [0.05, 0.1) is 30.2 Å². The predicted molar refractivity (Wildman–Crippen MR) is 175 cm³/mol. The normalized spacial score (nSPS) is 17.5. The van der Waals surface area contributed by atoms with Crippen molar-refractivity contribution in [1.29, 1.82) is 0 Å². The lowest BCUT2D eigenvalue weighted by atomic mass is 10.0. The van der Waals surface area contributed by atoms with Crippen LogP contribution in [0.2, 0.25) is 5.02 Å². The van der Waals surface area contributed by atoms with Crippen LogP contribution in [0.25, 0.3) is 34.1 Å². The number of hydrogen-bond donors (Lipinski definition) is 0. The van der Waals surface area contributed by atoms with E-state index in [-0.39, 0.29) is 51.4 Å². The molecule has 4 aromatic rings. The Kier molecular flexibility index (Phi) is 7.95. The number of pyridine rings is 2. The van der Waals surface area contributed by atoms with Gasteiger partial charge in [-0.2, -0.15) is 4.98 Å². The van der Waals surface area contributed by atoms with Crippen molar-refractivity contribution in [3.63, 3.8) is 0 Å². The highest BCUT2D eigenvalue weighted by molar-refractivity contribution is 6.34. The number of hydrogen-bond acceptors (Lipinski definition) is 6. The number of benzene rings is 1. The third-order valence-electron chi connectivity index (χ3n) is 8.08. The van der Waals surface area contributed by atoms with Crippen LogP contribution in [0.1, 0.15) is 60.1 Å². The highest BCUT2D eigenvalue weighted by Crippen LogP contribution is 2.38. The third-order valence-corrected chi connectivity index (χ3v) is 8.37. The molecule has 0 aliphatic carbocycles. The van der Waals surface area contributed by atoms with Crippen LogP contribution in [-0.2, 0) is 11.2 Å². The van der Waals surface area contributed by atoms with E-state index in [1.807, 2.05) is 45.6 Å². The predicted octanol–water partition coefficient (Wildman–Crippen LogP) is 6.58. The number of halogens is 2. The summed E-state index contributed by atoms with van der Waals surface area (Å²) >= 11 is 6.91. The second kappa shape index (κ2) is 12.3. The van der Waals surface area contributed by atoms with Crippen molar-refractivity contribution in [1.82, 2.24) is 24.4 Å². The highest BCUT2D eigenvalue weighted by Gasteiger charge is 2.34. The molecule has 5 rings (SSSR count). The summed E-state index contributed by atoms with van der Waals surface area (Å²) in [6.45, 7) is 13.7. The Balaban J connectivity index is 1.89. The first-order chi connectivity index (χ1) is 21.9. The molecule has 1 aliphatic heterocycles. The Morgan fingerprint density at radius 2 is 1.95 bits per heavy atom. The molecule has 8 nitrogen and oxygen atoms in total. The minimum absolute atomic E-state index is 0.00744. The number of nitrogens with zero attached hydrogens (tertiary/aromatic N) is 6. The van der Waals surface area contributed by atoms with Crippen molar-refractivity contribution >= 4 is 40.4 Å². The van der Waals surface area contributed by atoms with E-state index >= 15 is 4.39 Å². The summed E-state index contributed by atoms with van der Waals surface area (Å²) in [5, 5.41) is 0.565. The Labute approximate surface area is 264 Å². The molecular weight excluding hydrogens is 579 g/mol. The van der Waals surface area contributed by atoms with Crippen LogP contribution in [0, 0.1) is 5.82 Å². The molecule has 228 valence electrons. The lowest BCUT2D eigenvalue weighted by Gasteiger charge is -2.45. The van der Waals surface area contributed by atoms with E-state index in [0.29, 0.717) is 42.1 Å². The van der Waals surface area contributed by atoms with Crippen molar-refractivity contribution in [2.24, 2.45) is 0 Å².